The number of hydrogen-bond acceptors (Lipinski definition) is 2. The van der Waals surface area contributed by atoms with Crippen LogP contribution in [0.15, 0.2) is 0 Å². The molecule has 0 heterocycles. The van der Waals surface area contributed by atoms with Crippen LogP contribution >= 0.6 is 0 Å². The van der Waals surface area contributed by atoms with E-state index in [0.29, 0.717) is 0 Å². The van der Waals surface area contributed by atoms with Crippen molar-refractivity contribution in [1.29, 1.82) is 0 Å². The fourth-order valence-electron chi connectivity index (χ4n) is 2.45. The Labute approximate surface area is 86.1 Å². The van der Waals surface area contributed by atoms with Gasteiger partial charge >= 0.3 is 5.97 Å². The number of hydrogen-bond donors (Lipinski definition) is 1. The second kappa shape index (κ2) is 5.35. The molecule has 1 rings (SSSR count). The number of carboxylic acids is 1. The maximum absolute atomic E-state index is 11.0. The van der Waals surface area contributed by atoms with E-state index in [0.717, 1.165) is 32.2 Å². The first kappa shape index (κ1) is 11.5. The van der Waals surface area contributed by atoms with Crippen LogP contribution in [-0.2, 0) is 4.79 Å². The van der Waals surface area contributed by atoms with Gasteiger partial charge in [0.05, 0.1) is 5.92 Å². The van der Waals surface area contributed by atoms with Gasteiger partial charge in [0.25, 0.3) is 0 Å². The van der Waals surface area contributed by atoms with Crippen LogP contribution in [0.25, 0.3) is 0 Å². The zero-order chi connectivity index (χ0) is 10.6. The first-order valence-electron chi connectivity index (χ1n) is 5.59. The predicted molar refractivity (Wildman–Crippen MR) is 56.3 cm³/mol. The molecule has 0 aromatic rings. The number of carboxylic acid groups (broad SMARTS) is 1. The van der Waals surface area contributed by atoms with E-state index in [2.05, 4.69) is 18.9 Å². The maximum Gasteiger partial charge on any atom is 0.308 e. The number of aliphatic carboxylic acids is 1. The van der Waals surface area contributed by atoms with Gasteiger partial charge in [-0.25, -0.2) is 0 Å². The van der Waals surface area contributed by atoms with Gasteiger partial charge < -0.3 is 10.0 Å². The average Bonchev–Trinajstić information content (AvgIpc) is 2.18. The van der Waals surface area contributed by atoms with Gasteiger partial charge in [0.1, 0.15) is 0 Å². The summed E-state index contributed by atoms with van der Waals surface area (Å²) in [5, 5.41) is 9.10. The van der Waals surface area contributed by atoms with E-state index >= 15 is 0 Å². The lowest BCUT2D eigenvalue weighted by molar-refractivity contribution is -0.145. The number of rotatable bonds is 4. The zero-order valence-electron chi connectivity index (χ0n) is 9.20. The van der Waals surface area contributed by atoms with Gasteiger partial charge in [-0.1, -0.05) is 19.8 Å². The van der Waals surface area contributed by atoms with E-state index in [9.17, 15) is 4.79 Å². The fourth-order valence-corrected chi connectivity index (χ4v) is 2.45. The average molecular weight is 199 g/mol. The monoisotopic (exact) mass is 199 g/mol. The summed E-state index contributed by atoms with van der Waals surface area (Å²) in [6.45, 7) is 3.14. The fraction of sp³-hybridized carbons (Fsp3) is 0.909. The Morgan fingerprint density at radius 1 is 1.43 bits per heavy atom. The van der Waals surface area contributed by atoms with Gasteiger partial charge in [-0.15, -0.1) is 0 Å². The van der Waals surface area contributed by atoms with Crippen molar-refractivity contribution in [2.45, 2.75) is 45.1 Å². The van der Waals surface area contributed by atoms with Crippen molar-refractivity contribution in [2.24, 2.45) is 5.92 Å². The summed E-state index contributed by atoms with van der Waals surface area (Å²) in [6, 6.07) is 0.265. The van der Waals surface area contributed by atoms with Crippen molar-refractivity contribution in [3.63, 3.8) is 0 Å². The molecule has 1 aliphatic rings. The maximum atomic E-state index is 11.0. The van der Waals surface area contributed by atoms with Crippen LogP contribution in [-0.4, -0.2) is 35.6 Å². The van der Waals surface area contributed by atoms with E-state index in [1.54, 1.807) is 0 Å². The molecular weight excluding hydrogens is 178 g/mol. The van der Waals surface area contributed by atoms with E-state index in [1.807, 2.05) is 0 Å². The molecular formula is C11H21NO2. The van der Waals surface area contributed by atoms with Crippen molar-refractivity contribution >= 4 is 5.97 Å². The third-order valence-electron chi connectivity index (χ3n) is 3.19. The Hall–Kier alpha value is -0.570. The van der Waals surface area contributed by atoms with Crippen molar-refractivity contribution in [3.05, 3.63) is 0 Å². The van der Waals surface area contributed by atoms with Crippen LogP contribution in [0.1, 0.15) is 39.0 Å². The predicted octanol–water partition coefficient (Wildman–Crippen LogP) is 1.97. The summed E-state index contributed by atoms with van der Waals surface area (Å²) in [4.78, 5) is 13.3. The summed E-state index contributed by atoms with van der Waals surface area (Å²) in [6.07, 6.45) is 5.26. The molecule has 82 valence electrons. The highest BCUT2D eigenvalue weighted by molar-refractivity contribution is 5.71. The van der Waals surface area contributed by atoms with Gasteiger partial charge in [-0.05, 0) is 32.9 Å². The molecule has 0 spiro atoms. The van der Waals surface area contributed by atoms with Crippen LogP contribution in [0, 0.1) is 5.92 Å². The molecule has 2 atom stereocenters. The Balaban J connectivity index is 2.57. The summed E-state index contributed by atoms with van der Waals surface area (Å²) in [7, 11) is 2.05. The first-order chi connectivity index (χ1) is 6.66. The molecule has 0 radical (unpaired) electrons. The molecule has 1 fully saturated rings. The molecule has 14 heavy (non-hydrogen) atoms. The smallest absolute Gasteiger partial charge is 0.308 e. The van der Waals surface area contributed by atoms with Gasteiger partial charge in [-0.2, -0.15) is 0 Å². The van der Waals surface area contributed by atoms with Crippen molar-refractivity contribution in [1.82, 2.24) is 4.90 Å². The summed E-state index contributed by atoms with van der Waals surface area (Å²) < 4.78 is 0. The molecule has 3 nitrogen and oxygen atoms in total. The number of nitrogens with zero attached hydrogens (tertiary/aromatic N) is 1. The van der Waals surface area contributed by atoms with Crippen LogP contribution in [0.5, 0.6) is 0 Å². The van der Waals surface area contributed by atoms with Crippen LogP contribution < -0.4 is 0 Å². The Kier molecular flexibility index (Phi) is 4.39. The zero-order valence-corrected chi connectivity index (χ0v) is 9.20. The van der Waals surface area contributed by atoms with Crippen molar-refractivity contribution in [2.75, 3.05) is 13.6 Å². The van der Waals surface area contributed by atoms with Crippen LogP contribution in [0.3, 0.4) is 0 Å². The van der Waals surface area contributed by atoms with Gasteiger partial charge in [0, 0.05) is 6.04 Å². The molecule has 0 amide bonds. The van der Waals surface area contributed by atoms with Gasteiger partial charge in [-0.3, -0.25) is 4.79 Å². The van der Waals surface area contributed by atoms with Gasteiger partial charge in [0.15, 0.2) is 0 Å². The molecule has 0 aromatic heterocycles. The minimum absolute atomic E-state index is 0.139. The highest BCUT2D eigenvalue weighted by Gasteiger charge is 2.32. The molecule has 1 saturated carbocycles. The Bertz CT molecular complexity index is 194. The lowest BCUT2D eigenvalue weighted by atomic mass is 9.83. The molecule has 0 saturated heterocycles. The third kappa shape index (κ3) is 2.71. The topological polar surface area (TPSA) is 40.5 Å². The van der Waals surface area contributed by atoms with E-state index in [4.69, 9.17) is 5.11 Å². The van der Waals surface area contributed by atoms with Crippen molar-refractivity contribution in [3.8, 4) is 0 Å². The Morgan fingerprint density at radius 3 is 2.64 bits per heavy atom. The molecule has 2 unspecified atom stereocenters. The lowest BCUT2D eigenvalue weighted by Crippen LogP contribution is -2.43. The SMILES string of the molecule is CCCN(C)C1CCCCC1C(=O)O. The van der Waals surface area contributed by atoms with E-state index < -0.39 is 5.97 Å². The van der Waals surface area contributed by atoms with Gasteiger partial charge in [0.2, 0.25) is 0 Å². The molecule has 0 aliphatic heterocycles. The summed E-state index contributed by atoms with van der Waals surface area (Å²) in [5.41, 5.74) is 0. The number of carbonyl (C=O) groups is 1. The second-order valence-electron chi connectivity index (χ2n) is 4.28. The summed E-state index contributed by atoms with van der Waals surface area (Å²) >= 11 is 0. The Morgan fingerprint density at radius 2 is 2.07 bits per heavy atom. The molecule has 3 heteroatoms. The molecule has 0 aromatic carbocycles. The van der Waals surface area contributed by atoms with E-state index in [-0.39, 0.29) is 12.0 Å². The first-order valence-corrected chi connectivity index (χ1v) is 5.59. The minimum atomic E-state index is -0.613. The standard InChI is InChI=1S/C11H21NO2/c1-3-8-12(2)10-7-5-4-6-9(10)11(13)14/h9-10H,3-8H2,1-2H3,(H,13,14). The van der Waals surface area contributed by atoms with Crippen LogP contribution in [0.2, 0.25) is 0 Å². The van der Waals surface area contributed by atoms with Crippen LogP contribution in [0.4, 0.5) is 0 Å². The van der Waals surface area contributed by atoms with Crippen molar-refractivity contribution < 1.29 is 9.90 Å². The minimum Gasteiger partial charge on any atom is -0.481 e. The quantitative estimate of drug-likeness (QED) is 0.752. The highest BCUT2D eigenvalue weighted by Crippen LogP contribution is 2.28. The molecule has 1 aliphatic carbocycles. The summed E-state index contributed by atoms with van der Waals surface area (Å²) in [5.74, 6) is -0.752. The largest absolute Gasteiger partial charge is 0.481 e. The molecule has 1 N–H and O–H groups in total. The molecule has 0 bridgehead atoms. The highest BCUT2D eigenvalue weighted by atomic mass is 16.4. The van der Waals surface area contributed by atoms with E-state index in [1.165, 1.54) is 6.42 Å². The normalized spacial score (nSPS) is 27.9. The third-order valence-corrected chi connectivity index (χ3v) is 3.19. The second-order valence-corrected chi connectivity index (χ2v) is 4.28. The lowest BCUT2D eigenvalue weighted by Gasteiger charge is -2.35.